The number of anilines is 3. The highest BCUT2D eigenvalue weighted by Crippen LogP contribution is 2.42. The molecule has 1 aromatic carbocycles. The van der Waals surface area contributed by atoms with Crippen LogP contribution in [0.1, 0.15) is 25.7 Å². The molecule has 3 aromatic rings. The Labute approximate surface area is 204 Å². The summed E-state index contributed by atoms with van der Waals surface area (Å²) in [4.78, 5) is 22.7. The van der Waals surface area contributed by atoms with Gasteiger partial charge in [0.2, 0.25) is 5.95 Å². The van der Waals surface area contributed by atoms with Crippen LogP contribution >= 0.6 is 0 Å². The zero-order valence-corrected chi connectivity index (χ0v) is 19.9. The molecule has 2 N–H and O–H groups in total. The number of hydrogen-bond acceptors (Lipinski definition) is 8. The van der Waals surface area contributed by atoms with E-state index in [1.807, 2.05) is 16.7 Å². The summed E-state index contributed by atoms with van der Waals surface area (Å²) in [5, 5.41) is 7.17. The average molecular weight is 472 g/mol. The molecular formula is C25H29N9O. The van der Waals surface area contributed by atoms with Gasteiger partial charge in [-0.25, -0.2) is 9.83 Å². The lowest BCUT2D eigenvalue weighted by atomic mass is 10.1. The fraction of sp³-hybridized carbons (Fsp3) is 0.440. The largest absolute Gasteiger partial charge is 0.381 e. The van der Waals surface area contributed by atoms with E-state index in [2.05, 4.69) is 43.9 Å². The van der Waals surface area contributed by atoms with E-state index in [0.717, 1.165) is 86.2 Å². The summed E-state index contributed by atoms with van der Waals surface area (Å²) in [6, 6.07) is 6.07. The molecule has 180 valence electrons. The van der Waals surface area contributed by atoms with Crippen molar-refractivity contribution in [2.24, 2.45) is 0 Å². The minimum atomic E-state index is 0.261. The Morgan fingerprint density at radius 3 is 2.74 bits per heavy atom. The lowest BCUT2D eigenvalue weighted by molar-refractivity contribution is 0.0859. The van der Waals surface area contributed by atoms with Crippen molar-refractivity contribution in [3.63, 3.8) is 0 Å². The first-order valence-corrected chi connectivity index (χ1v) is 12.2. The predicted octanol–water partition coefficient (Wildman–Crippen LogP) is 3.75. The highest BCUT2D eigenvalue weighted by Gasteiger charge is 2.35. The Kier molecular flexibility index (Phi) is 5.51. The van der Waals surface area contributed by atoms with Gasteiger partial charge in [-0.3, -0.25) is 4.57 Å². The number of imidazole rings is 1. The predicted molar refractivity (Wildman–Crippen MR) is 136 cm³/mol. The van der Waals surface area contributed by atoms with E-state index in [0.29, 0.717) is 17.7 Å². The SMILES string of the molecule is [C-]#[N+]c1ccc2ncn(-c3nc(NC4CCN(C)CC4)c4c(n3)N(C3CCOCC3)C(=C)N4)c2c1. The van der Waals surface area contributed by atoms with E-state index in [1.54, 1.807) is 12.4 Å². The second kappa shape index (κ2) is 8.83. The van der Waals surface area contributed by atoms with Crippen LogP contribution in [0.25, 0.3) is 21.8 Å². The Morgan fingerprint density at radius 1 is 1.17 bits per heavy atom. The number of hydrogen-bond donors (Lipinski definition) is 2. The van der Waals surface area contributed by atoms with Crippen LogP contribution in [0, 0.1) is 6.57 Å². The number of benzene rings is 1. The molecule has 0 spiro atoms. The highest BCUT2D eigenvalue weighted by atomic mass is 16.5. The molecular weight excluding hydrogens is 442 g/mol. The molecule has 2 saturated heterocycles. The van der Waals surface area contributed by atoms with Crippen LogP contribution in [0.3, 0.4) is 0 Å². The zero-order chi connectivity index (χ0) is 23.9. The maximum atomic E-state index is 7.42. The van der Waals surface area contributed by atoms with Crippen molar-refractivity contribution in [3.05, 3.63) is 48.3 Å². The second-order valence-electron chi connectivity index (χ2n) is 9.48. The normalized spacial score (nSPS) is 19.5. The van der Waals surface area contributed by atoms with E-state index in [9.17, 15) is 0 Å². The molecule has 3 aliphatic rings. The maximum absolute atomic E-state index is 7.42. The standard InChI is InChI=1S/C25H29N9O/c1-16-28-22-23(29-17-6-10-32(3)11-7-17)30-25(31-24(22)34(16)19-8-12-35-13-9-19)33-15-27-20-5-4-18(26-2)14-21(20)33/h4-5,14-15,17,19,28H,1,6-13H2,3H3,(H,29,30,31). The van der Waals surface area contributed by atoms with Crippen LogP contribution in [0.4, 0.5) is 23.0 Å². The molecule has 0 unspecified atom stereocenters. The Bertz CT molecular complexity index is 1310. The summed E-state index contributed by atoms with van der Waals surface area (Å²) in [6.07, 6.45) is 5.67. The molecule has 2 aromatic heterocycles. The molecule has 0 saturated carbocycles. The third kappa shape index (κ3) is 3.96. The lowest BCUT2D eigenvalue weighted by Crippen LogP contribution is -2.38. The monoisotopic (exact) mass is 471 g/mol. The number of aromatic nitrogens is 4. The molecule has 0 bridgehead atoms. The van der Waals surface area contributed by atoms with Crippen molar-refractivity contribution in [1.29, 1.82) is 0 Å². The van der Waals surface area contributed by atoms with Gasteiger partial charge >= 0.3 is 0 Å². The number of rotatable bonds is 4. The van der Waals surface area contributed by atoms with Gasteiger partial charge in [0.25, 0.3) is 0 Å². The minimum absolute atomic E-state index is 0.261. The first-order valence-electron chi connectivity index (χ1n) is 12.2. The van der Waals surface area contributed by atoms with Crippen molar-refractivity contribution in [3.8, 4) is 5.95 Å². The second-order valence-corrected chi connectivity index (χ2v) is 9.48. The van der Waals surface area contributed by atoms with Gasteiger partial charge in [-0.05, 0) is 58.0 Å². The van der Waals surface area contributed by atoms with Crippen LogP contribution in [0.5, 0.6) is 0 Å². The third-order valence-corrected chi connectivity index (χ3v) is 7.16. The molecule has 0 aliphatic carbocycles. The summed E-state index contributed by atoms with van der Waals surface area (Å²) < 4.78 is 7.47. The van der Waals surface area contributed by atoms with Crippen molar-refractivity contribution in [1.82, 2.24) is 24.4 Å². The van der Waals surface area contributed by atoms with Gasteiger partial charge in [-0.2, -0.15) is 9.97 Å². The summed E-state index contributed by atoms with van der Waals surface area (Å²) in [7, 11) is 2.16. The van der Waals surface area contributed by atoms with Gasteiger partial charge in [-0.1, -0.05) is 12.6 Å². The highest BCUT2D eigenvalue weighted by molar-refractivity contribution is 5.88. The number of nitrogens with zero attached hydrogens (tertiary/aromatic N) is 7. The van der Waals surface area contributed by atoms with Gasteiger partial charge in [-0.15, -0.1) is 0 Å². The molecule has 35 heavy (non-hydrogen) atoms. The Balaban J connectivity index is 1.46. The average Bonchev–Trinajstić information content (AvgIpc) is 3.46. The van der Waals surface area contributed by atoms with Gasteiger partial charge in [0.1, 0.15) is 17.8 Å². The van der Waals surface area contributed by atoms with Crippen molar-refractivity contribution >= 4 is 34.0 Å². The molecule has 2 fully saturated rings. The van der Waals surface area contributed by atoms with E-state index in [1.165, 1.54) is 0 Å². The van der Waals surface area contributed by atoms with E-state index >= 15 is 0 Å². The third-order valence-electron chi connectivity index (χ3n) is 7.16. The topological polar surface area (TPSA) is 87.7 Å². The number of fused-ring (bicyclic) bond motifs is 2. The van der Waals surface area contributed by atoms with E-state index in [-0.39, 0.29) is 6.04 Å². The van der Waals surface area contributed by atoms with E-state index < -0.39 is 0 Å². The summed E-state index contributed by atoms with van der Waals surface area (Å²) in [5.74, 6) is 2.94. The van der Waals surface area contributed by atoms with Gasteiger partial charge in [0.05, 0.1) is 17.6 Å². The first-order chi connectivity index (χ1) is 17.1. The zero-order valence-electron chi connectivity index (χ0n) is 19.9. The molecule has 10 nitrogen and oxygen atoms in total. The molecule has 0 amide bonds. The molecule has 6 rings (SSSR count). The quantitative estimate of drug-likeness (QED) is 0.557. The Hall–Kier alpha value is -3.68. The summed E-state index contributed by atoms with van der Waals surface area (Å²) >= 11 is 0. The fourth-order valence-corrected chi connectivity index (χ4v) is 5.18. The van der Waals surface area contributed by atoms with Gasteiger partial charge in [0.15, 0.2) is 17.3 Å². The van der Waals surface area contributed by atoms with Crippen LogP contribution < -0.4 is 15.5 Å². The van der Waals surface area contributed by atoms with Crippen molar-refractivity contribution in [2.75, 3.05) is 48.9 Å². The molecule has 5 heterocycles. The smallest absolute Gasteiger partial charge is 0.239 e. The van der Waals surface area contributed by atoms with Gasteiger partial charge < -0.3 is 25.2 Å². The van der Waals surface area contributed by atoms with Gasteiger partial charge in [0, 0.05) is 25.3 Å². The van der Waals surface area contributed by atoms with E-state index in [4.69, 9.17) is 21.3 Å². The van der Waals surface area contributed by atoms with Crippen LogP contribution in [0.15, 0.2) is 36.9 Å². The number of nitrogens with one attached hydrogen (secondary N) is 2. The number of piperidine rings is 1. The molecule has 3 aliphatic heterocycles. The van der Waals surface area contributed by atoms with Crippen molar-refractivity contribution < 1.29 is 4.74 Å². The summed E-state index contributed by atoms with van der Waals surface area (Å²) in [5.41, 5.74) is 3.04. The van der Waals surface area contributed by atoms with Crippen LogP contribution in [0.2, 0.25) is 0 Å². The number of ether oxygens (including phenoxy) is 1. The first kappa shape index (κ1) is 21.8. The van der Waals surface area contributed by atoms with Crippen LogP contribution in [-0.2, 0) is 4.74 Å². The van der Waals surface area contributed by atoms with Crippen LogP contribution in [-0.4, -0.2) is 69.9 Å². The number of likely N-dealkylation sites (tertiary alicyclic amines) is 1. The fourth-order valence-electron chi connectivity index (χ4n) is 5.18. The maximum Gasteiger partial charge on any atom is 0.239 e. The molecule has 0 radical (unpaired) electrons. The molecule has 0 atom stereocenters. The molecule has 10 heteroatoms. The Morgan fingerprint density at radius 2 is 1.97 bits per heavy atom. The minimum Gasteiger partial charge on any atom is -0.381 e. The lowest BCUT2D eigenvalue weighted by Gasteiger charge is -2.32. The summed E-state index contributed by atoms with van der Waals surface area (Å²) in [6.45, 7) is 15.3. The van der Waals surface area contributed by atoms with Crippen molar-refractivity contribution in [2.45, 2.75) is 37.8 Å².